The van der Waals surface area contributed by atoms with Crippen molar-refractivity contribution in [2.75, 3.05) is 19.6 Å². The molecule has 3 rings (SSSR count). The van der Waals surface area contributed by atoms with E-state index < -0.39 is 60.0 Å². The maximum atomic E-state index is 13.8. The molecule has 0 radical (unpaired) electrons. The van der Waals surface area contributed by atoms with Gasteiger partial charge in [0.15, 0.2) is 0 Å². The Labute approximate surface area is 339 Å². The van der Waals surface area contributed by atoms with Gasteiger partial charge in [-0.3, -0.25) is 19.2 Å². The number of alkyl carbamates (subject to hydrolysis) is 2. The zero-order valence-electron chi connectivity index (χ0n) is 32.9. The summed E-state index contributed by atoms with van der Waals surface area (Å²) in [6.07, 6.45) is 1.57. The first kappa shape index (κ1) is 46.4. The third kappa shape index (κ3) is 18.3. The highest BCUT2D eigenvalue weighted by atomic mass is 16.6. The van der Waals surface area contributed by atoms with Gasteiger partial charge in [-0.25, -0.2) is 9.59 Å². The average Bonchev–Trinajstić information content (AvgIpc) is 3.23. The van der Waals surface area contributed by atoms with Crippen molar-refractivity contribution in [1.29, 1.82) is 0 Å². The lowest BCUT2D eigenvalue weighted by Crippen LogP contribution is -2.57. The molecule has 6 amide bonds. The fourth-order valence-electron chi connectivity index (χ4n) is 5.86. The Hall–Kier alpha value is -6.00. The first-order valence-corrected chi connectivity index (χ1v) is 19.7. The van der Waals surface area contributed by atoms with Crippen molar-refractivity contribution in [3.05, 3.63) is 108 Å². The molecule has 0 fully saturated rings. The zero-order chi connectivity index (χ0) is 42.0. The number of nitrogens with two attached hydrogens (primary N) is 3. The Morgan fingerprint density at radius 2 is 0.879 bits per heavy atom. The fourth-order valence-corrected chi connectivity index (χ4v) is 5.86. The van der Waals surface area contributed by atoms with Crippen molar-refractivity contribution in [3.63, 3.8) is 0 Å². The molecule has 16 nitrogen and oxygen atoms in total. The number of ether oxygens (including phenoxy) is 2. The van der Waals surface area contributed by atoms with Crippen LogP contribution < -0.4 is 43.8 Å². The minimum absolute atomic E-state index is 0.0191. The largest absolute Gasteiger partial charge is 0.445 e. The van der Waals surface area contributed by atoms with E-state index in [1.807, 2.05) is 54.6 Å². The van der Waals surface area contributed by atoms with Gasteiger partial charge in [0, 0.05) is 13.0 Å². The molecule has 16 heteroatoms. The molecule has 0 spiro atoms. The fraction of sp³-hybridized carbons (Fsp3) is 0.429. The molecule has 0 bridgehead atoms. The lowest BCUT2D eigenvalue weighted by Gasteiger charge is -2.25. The number of unbranched alkanes of at least 4 members (excludes halogenated alkanes) is 2. The summed E-state index contributed by atoms with van der Waals surface area (Å²) in [4.78, 5) is 78.7. The Morgan fingerprint density at radius 1 is 0.483 bits per heavy atom. The standard InChI is InChI=1S/C42H58N8O8/c43-24-12-10-21-33(49-41(55)57-28-31-17-6-2-7-18-31)38(52)46-26-14-23-34(39(53)48-36(37(45)51)27-30-15-4-1-5-16-30)47-40(54)35(22-11-13-25-44)50-42(56)58-29-32-19-8-3-9-20-32/h1-9,15-20,33-36H,10-14,21-29,43-44H2,(H2,45,51)(H,46,52)(H,47,54)(H,48,53)(H,49,55)(H,50,56)/t33-,34-,35-,36-/m1/s1. The Morgan fingerprint density at radius 3 is 1.33 bits per heavy atom. The van der Waals surface area contributed by atoms with E-state index in [-0.39, 0.29) is 45.4 Å². The topological polar surface area (TPSA) is 259 Å². The van der Waals surface area contributed by atoms with Gasteiger partial charge in [0.05, 0.1) is 0 Å². The van der Waals surface area contributed by atoms with Crippen LogP contribution in [0.3, 0.4) is 0 Å². The number of benzene rings is 3. The zero-order valence-corrected chi connectivity index (χ0v) is 32.9. The molecule has 4 atom stereocenters. The smallest absolute Gasteiger partial charge is 0.408 e. The van der Waals surface area contributed by atoms with Crippen molar-refractivity contribution in [2.24, 2.45) is 17.2 Å². The van der Waals surface area contributed by atoms with E-state index in [1.165, 1.54) is 0 Å². The second-order valence-corrected chi connectivity index (χ2v) is 13.7. The predicted molar refractivity (Wildman–Crippen MR) is 218 cm³/mol. The van der Waals surface area contributed by atoms with Crippen LogP contribution in [0.1, 0.15) is 68.1 Å². The average molecular weight is 803 g/mol. The van der Waals surface area contributed by atoms with E-state index in [2.05, 4.69) is 26.6 Å². The normalized spacial score (nSPS) is 12.8. The summed E-state index contributed by atoms with van der Waals surface area (Å²) in [7, 11) is 0. The van der Waals surface area contributed by atoms with E-state index in [1.54, 1.807) is 36.4 Å². The first-order valence-electron chi connectivity index (χ1n) is 19.7. The summed E-state index contributed by atoms with van der Waals surface area (Å²) >= 11 is 0. The van der Waals surface area contributed by atoms with Gasteiger partial charge >= 0.3 is 12.2 Å². The molecule has 58 heavy (non-hydrogen) atoms. The molecule has 0 unspecified atom stereocenters. The van der Waals surface area contributed by atoms with Crippen molar-refractivity contribution >= 4 is 35.8 Å². The molecule has 3 aromatic carbocycles. The van der Waals surface area contributed by atoms with Crippen LogP contribution in [0, 0.1) is 0 Å². The molecule has 0 aliphatic heterocycles. The summed E-state index contributed by atoms with van der Waals surface area (Å²) < 4.78 is 10.7. The number of carbonyl (C=O) groups excluding carboxylic acids is 6. The second kappa shape index (κ2) is 26.8. The van der Waals surface area contributed by atoms with Crippen LogP contribution in [0.5, 0.6) is 0 Å². The molecule has 314 valence electrons. The van der Waals surface area contributed by atoms with Crippen molar-refractivity contribution in [2.45, 2.75) is 95.2 Å². The minimum atomic E-state index is -1.20. The number of rotatable bonds is 26. The summed E-state index contributed by atoms with van der Waals surface area (Å²) in [6, 6.07) is 22.8. The first-order chi connectivity index (χ1) is 28.1. The van der Waals surface area contributed by atoms with Gasteiger partial charge in [0.2, 0.25) is 23.6 Å². The lowest BCUT2D eigenvalue weighted by molar-refractivity contribution is -0.132. The van der Waals surface area contributed by atoms with E-state index in [0.717, 1.165) is 16.7 Å². The third-order valence-corrected chi connectivity index (χ3v) is 9.08. The molecule has 3 aromatic rings. The van der Waals surface area contributed by atoms with Crippen LogP contribution >= 0.6 is 0 Å². The Kier molecular flexibility index (Phi) is 21.4. The van der Waals surface area contributed by atoms with Gasteiger partial charge in [-0.15, -0.1) is 0 Å². The van der Waals surface area contributed by atoms with E-state index >= 15 is 0 Å². The molecular formula is C42H58N8O8. The van der Waals surface area contributed by atoms with Gasteiger partial charge < -0.3 is 53.3 Å². The quantitative estimate of drug-likeness (QED) is 0.0550. The molecule has 0 saturated heterocycles. The minimum Gasteiger partial charge on any atom is -0.445 e. The highest BCUT2D eigenvalue weighted by molar-refractivity contribution is 5.93. The maximum absolute atomic E-state index is 13.8. The molecule has 0 heterocycles. The summed E-state index contributed by atoms with van der Waals surface area (Å²) in [5.41, 5.74) is 19.3. The SMILES string of the molecule is NCCCC[C@@H](NC(=O)OCc1ccccc1)C(=O)NCCC[C@@H](NC(=O)[C@@H](CCCCN)NC(=O)OCc1ccccc1)C(=O)N[C@H](Cc1ccccc1)C(N)=O. The molecular weight excluding hydrogens is 745 g/mol. The number of carbonyl (C=O) groups is 6. The number of amides is 6. The number of primary amides is 1. The Bertz CT molecular complexity index is 1700. The molecule has 0 aliphatic carbocycles. The summed E-state index contributed by atoms with van der Waals surface area (Å²) in [6.45, 7) is 0.869. The molecule has 0 saturated carbocycles. The molecule has 0 aliphatic rings. The highest BCUT2D eigenvalue weighted by Gasteiger charge is 2.30. The van der Waals surface area contributed by atoms with Gasteiger partial charge in [0.1, 0.15) is 37.4 Å². The highest BCUT2D eigenvalue weighted by Crippen LogP contribution is 2.09. The number of hydrogen-bond donors (Lipinski definition) is 8. The van der Waals surface area contributed by atoms with Crippen molar-refractivity contribution in [1.82, 2.24) is 26.6 Å². The van der Waals surface area contributed by atoms with Crippen LogP contribution in [0.15, 0.2) is 91.0 Å². The van der Waals surface area contributed by atoms with E-state index in [0.29, 0.717) is 45.2 Å². The van der Waals surface area contributed by atoms with Gasteiger partial charge in [0.25, 0.3) is 0 Å². The van der Waals surface area contributed by atoms with E-state index in [9.17, 15) is 28.8 Å². The van der Waals surface area contributed by atoms with E-state index in [4.69, 9.17) is 26.7 Å². The molecule has 11 N–H and O–H groups in total. The van der Waals surface area contributed by atoms with Crippen LogP contribution in [-0.4, -0.2) is 79.6 Å². The van der Waals surface area contributed by atoms with Crippen molar-refractivity contribution in [3.8, 4) is 0 Å². The van der Waals surface area contributed by atoms with Gasteiger partial charge in [-0.05, 0) is 81.1 Å². The summed E-state index contributed by atoms with van der Waals surface area (Å²) in [5, 5.41) is 13.4. The monoisotopic (exact) mass is 802 g/mol. The lowest BCUT2D eigenvalue weighted by atomic mass is 10.0. The number of hydrogen-bond acceptors (Lipinski definition) is 10. The van der Waals surface area contributed by atoms with Crippen LogP contribution in [0.4, 0.5) is 9.59 Å². The third-order valence-electron chi connectivity index (χ3n) is 9.08. The molecule has 0 aromatic heterocycles. The van der Waals surface area contributed by atoms with Gasteiger partial charge in [-0.1, -0.05) is 91.0 Å². The summed E-state index contributed by atoms with van der Waals surface area (Å²) in [5.74, 6) is -2.58. The van der Waals surface area contributed by atoms with Crippen LogP contribution in [0.2, 0.25) is 0 Å². The maximum Gasteiger partial charge on any atom is 0.408 e. The van der Waals surface area contributed by atoms with Crippen molar-refractivity contribution < 1.29 is 38.2 Å². The second-order valence-electron chi connectivity index (χ2n) is 13.7. The Balaban J connectivity index is 1.69. The van der Waals surface area contributed by atoms with Crippen LogP contribution in [-0.2, 0) is 48.3 Å². The van der Waals surface area contributed by atoms with Gasteiger partial charge in [-0.2, -0.15) is 0 Å². The number of nitrogens with one attached hydrogen (secondary N) is 5. The predicted octanol–water partition coefficient (Wildman–Crippen LogP) is 2.43. The van der Waals surface area contributed by atoms with Crippen LogP contribution in [0.25, 0.3) is 0 Å².